The minimum atomic E-state index is -3.71. The molecule has 7 heteroatoms. The molecule has 0 heterocycles. The summed E-state index contributed by atoms with van der Waals surface area (Å²) in [6.45, 7) is 1.82. The summed E-state index contributed by atoms with van der Waals surface area (Å²) >= 11 is 0. The molecular weight excluding hydrogens is 326 g/mol. The zero-order chi connectivity index (χ0) is 17.3. The predicted octanol–water partition coefficient (Wildman–Crippen LogP) is 1.85. The minimum Gasteiger partial charge on any atom is -0.330 e. The molecule has 3 rings (SSSR count). The SMILES string of the molecule is CC(CCN)S(=O)(=O)NC(=O)Nc1c2c(cc3c1CCC3)CCC2. The molecule has 0 aromatic heterocycles. The number of hydrogen-bond donors (Lipinski definition) is 3. The summed E-state index contributed by atoms with van der Waals surface area (Å²) in [5.41, 5.74) is 11.2. The Labute approximate surface area is 143 Å². The van der Waals surface area contributed by atoms with Crippen LogP contribution in [0.5, 0.6) is 0 Å². The van der Waals surface area contributed by atoms with Gasteiger partial charge in [0.1, 0.15) is 0 Å². The van der Waals surface area contributed by atoms with Crippen molar-refractivity contribution in [2.45, 2.75) is 57.1 Å². The Morgan fingerprint density at radius 1 is 1.17 bits per heavy atom. The van der Waals surface area contributed by atoms with E-state index in [-0.39, 0.29) is 6.54 Å². The third kappa shape index (κ3) is 3.28. The number of anilines is 1. The highest BCUT2D eigenvalue weighted by molar-refractivity contribution is 7.90. The number of aryl methyl sites for hydroxylation is 2. The Bertz CT molecular complexity index is 727. The molecule has 2 aliphatic rings. The van der Waals surface area contributed by atoms with Crippen molar-refractivity contribution in [1.82, 2.24) is 4.72 Å². The highest BCUT2D eigenvalue weighted by Crippen LogP contribution is 2.38. The van der Waals surface area contributed by atoms with E-state index in [2.05, 4.69) is 16.1 Å². The summed E-state index contributed by atoms with van der Waals surface area (Å²) in [6, 6.07) is 1.60. The van der Waals surface area contributed by atoms with Gasteiger partial charge in [0.2, 0.25) is 10.0 Å². The average Bonchev–Trinajstić information content (AvgIpc) is 3.15. The predicted molar refractivity (Wildman–Crippen MR) is 94.7 cm³/mol. The number of nitrogens with one attached hydrogen (secondary N) is 2. The molecule has 1 unspecified atom stereocenters. The van der Waals surface area contributed by atoms with Gasteiger partial charge in [0, 0.05) is 5.69 Å². The third-order valence-electron chi connectivity index (χ3n) is 5.05. The van der Waals surface area contributed by atoms with Gasteiger partial charge >= 0.3 is 6.03 Å². The lowest BCUT2D eigenvalue weighted by atomic mass is 9.99. The van der Waals surface area contributed by atoms with Gasteiger partial charge in [-0.1, -0.05) is 6.07 Å². The van der Waals surface area contributed by atoms with E-state index in [4.69, 9.17) is 5.73 Å². The summed E-state index contributed by atoms with van der Waals surface area (Å²) in [6.07, 6.45) is 6.43. The fraction of sp³-hybridized carbons (Fsp3) is 0.588. The van der Waals surface area contributed by atoms with E-state index in [1.807, 2.05) is 0 Å². The van der Waals surface area contributed by atoms with Crippen LogP contribution in [0.3, 0.4) is 0 Å². The quantitative estimate of drug-likeness (QED) is 0.753. The zero-order valence-electron chi connectivity index (χ0n) is 14.0. The van der Waals surface area contributed by atoms with Crippen LogP contribution >= 0.6 is 0 Å². The van der Waals surface area contributed by atoms with E-state index in [0.717, 1.165) is 44.2 Å². The van der Waals surface area contributed by atoms with E-state index in [0.29, 0.717) is 6.42 Å². The van der Waals surface area contributed by atoms with Gasteiger partial charge in [0.25, 0.3) is 0 Å². The molecular formula is C17H25N3O3S. The van der Waals surface area contributed by atoms with Crippen LogP contribution in [0.15, 0.2) is 6.07 Å². The number of carbonyl (C=O) groups is 1. The van der Waals surface area contributed by atoms with Gasteiger partial charge in [-0.3, -0.25) is 0 Å². The van der Waals surface area contributed by atoms with Crippen molar-refractivity contribution in [3.63, 3.8) is 0 Å². The molecule has 4 N–H and O–H groups in total. The standard InChI is InChI=1S/C17H25N3O3S/c1-11(8-9-18)24(22,23)20-17(21)19-16-14-6-2-4-12(14)10-13-5-3-7-15(13)16/h10-11H,2-9,18H2,1H3,(H2,19,20,21). The average molecular weight is 351 g/mol. The van der Waals surface area contributed by atoms with E-state index < -0.39 is 21.3 Å². The number of fused-ring (bicyclic) bond motifs is 2. The molecule has 24 heavy (non-hydrogen) atoms. The fourth-order valence-electron chi connectivity index (χ4n) is 3.73. The molecule has 0 fully saturated rings. The molecule has 0 bridgehead atoms. The Kier molecular flexibility index (Phi) is 4.83. The lowest BCUT2D eigenvalue weighted by Crippen LogP contribution is -2.40. The van der Waals surface area contributed by atoms with Crippen LogP contribution in [0, 0.1) is 0 Å². The van der Waals surface area contributed by atoms with Gasteiger partial charge in [-0.15, -0.1) is 0 Å². The topological polar surface area (TPSA) is 101 Å². The molecule has 0 spiro atoms. The monoisotopic (exact) mass is 351 g/mol. The highest BCUT2D eigenvalue weighted by atomic mass is 32.2. The van der Waals surface area contributed by atoms with Crippen molar-refractivity contribution in [1.29, 1.82) is 0 Å². The molecule has 0 aliphatic heterocycles. The smallest absolute Gasteiger partial charge is 0.330 e. The Morgan fingerprint density at radius 3 is 2.29 bits per heavy atom. The first kappa shape index (κ1) is 17.2. The molecule has 2 amide bonds. The second-order valence-corrected chi connectivity index (χ2v) is 8.82. The van der Waals surface area contributed by atoms with Crippen molar-refractivity contribution in [2.24, 2.45) is 5.73 Å². The van der Waals surface area contributed by atoms with Crippen molar-refractivity contribution in [3.05, 3.63) is 28.3 Å². The van der Waals surface area contributed by atoms with E-state index >= 15 is 0 Å². The summed E-state index contributed by atoms with van der Waals surface area (Å²) in [5, 5.41) is 2.14. The van der Waals surface area contributed by atoms with Crippen LogP contribution in [0.1, 0.15) is 48.4 Å². The fourth-order valence-corrected chi connectivity index (χ4v) is 4.68. The Hall–Kier alpha value is -1.60. The first-order chi connectivity index (χ1) is 11.4. The Balaban J connectivity index is 1.81. The highest BCUT2D eigenvalue weighted by Gasteiger charge is 2.27. The van der Waals surface area contributed by atoms with Gasteiger partial charge in [-0.05, 0) is 80.7 Å². The lowest BCUT2D eigenvalue weighted by molar-refractivity contribution is 0.256. The number of sulfonamides is 1. The molecule has 2 aliphatic carbocycles. The molecule has 0 saturated carbocycles. The van der Waals surface area contributed by atoms with E-state index in [9.17, 15) is 13.2 Å². The molecule has 0 saturated heterocycles. The normalized spacial score (nSPS) is 17.2. The molecule has 1 atom stereocenters. The van der Waals surface area contributed by atoms with Crippen molar-refractivity contribution in [3.8, 4) is 0 Å². The van der Waals surface area contributed by atoms with Crippen LogP contribution in [-0.4, -0.2) is 26.2 Å². The Morgan fingerprint density at radius 2 is 1.75 bits per heavy atom. The summed E-state index contributed by atoms with van der Waals surface area (Å²) in [5.74, 6) is 0. The molecule has 1 aromatic carbocycles. The molecule has 132 valence electrons. The number of hydrogen-bond acceptors (Lipinski definition) is 4. The lowest BCUT2D eigenvalue weighted by Gasteiger charge is -2.18. The molecule has 1 aromatic rings. The number of nitrogens with two attached hydrogens (primary N) is 1. The first-order valence-corrected chi connectivity index (χ1v) is 10.2. The maximum absolute atomic E-state index is 12.3. The number of benzene rings is 1. The number of urea groups is 1. The van der Waals surface area contributed by atoms with Crippen LogP contribution in [0.25, 0.3) is 0 Å². The summed E-state index contributed by atoms with van der Waals surface area (Å²) in [7, 11) is -3.71. The number of rotatable bonds is 5. The largest absolute Gasteiger partial charge is 0.332 e. The van der Waals surface area contributed by atoms with Gasteiger partial charge in [0.15, 0.2) is 0 Å². The zero-order valence-corrected chi connectivity index (χ0v) is 14.8. The van der Waals surface area contributed by atoms with E-state index in [1.54, 1.807) is 6.92 Å². The summed E-state index contributed by atoms with van der Waals surface area (Å²) < 4.78 is 26.5. The van der Waals surface area contributed by atoms with Gasteiger partial charge in [-0.2, -0.15) is 0 Å². The second kappa shape index (κ2) is 6.72. The number of carbonyl (C=O) groups excluding carboxylic acids is 1. The van der Waals surface area contributed by atoms with Crippen LogP contribution in [0.4, 0.5) is 10.5 Å². The van der Waals surface area contributed by atoms with Gasteiger partial charge in [0.05, 0.1) is 5.25 Å². The van der Waals surface area contributed by atoms with Crippen molar-refractivity contribution < 1.29 is 13.2 Å². The van der Waals surface area contributed by atoms with Crippen LogP contribution in [-0.2, 0) is 35.7 Å². The van der Waals surface area contributed by atoms with E-state index in [1.165, 1.54) is 22.3 Å². The van der Waals surface area contributed by atoms with Crippen molar-refractivity contribution in [2.75, 3.05) is 11.9 Å². The maximum atomic E-state index is 12.3. The third-order valence-corrected chi connectivity index (χ3v) is 6.81. The summed E-state index contributed by atoms with van der Waals surface area (Å²) in [4.78, 5) is 12.3. The second-order valence-electron chi connectivity index (χ2n) is 6.72. The molecule has 0 radical (unpaired) electrons. The number of amides is 2. The maximum Gasteiger partial charge on any atom is 0.332 e. The molecule has 6 nitrogen and oxygen atoms in total. The first-order valence-electron chi connectivity index (χ1n) is 8.61. The minimum absolute atomic E-state index is 0.267. The van der Waals surface area contributed by atoms with Gasteiger partial charge < -0.3 is 11.1 Å². The van der Waals surface area contributed by atoms with Crippen molar-refractivity contribution >= 4 is 21.7 Å². The van der Waals surface area contributed by atoms with Crippen LogP contribution in [0.2, 0.25) is 0 Å². The van der Waals surface area contributed by atoms with Gasteiger partial charge in [-0.25, -0.2) is 17.9 Å². The van der Waals surface area contributed by atoms with Crippen LogP contribution < -0.4 is 15.8 Å².